The summed E-state index contributed by atoms with van der Waals surface area (Å²) < 4.78 is 5.54. The van der Waals surface area contributed by atoms with E-state index in [9.17, 15) is 0 Å². The third-order valence-electron chi connectivity index (χ3n) is 4.58. The van der Waals surface area contributed by atoms with Crippen LogP contribution in [0.4, 0.5) is 0 Å². The van der Waals surface area contributed by atoms with Crippen molar-refractivity contribution in [2.75, 3.05) is 13.1 Å². The highest BCUT2D eigenvalue weighted by Gasteiger charge is 2.29. The van der Waals surface area contributed by atoms with Gasteiger partial charge in [-0.25, -0.2) is 0 Å². The molecule has 0 spiro atoms. The summed E-state index contributed by atoms with van der Waals surface area (Å²) >= 11 is 0. The molecule has 4 rings (SSSR count). The maximum Gasteiger partial charge on any atom is 0.171 e. The Bertz CT molecular complexity index is 613. The van der Waals surface area contributed by atoms with E-state index in [0.29, 0.717) is 6.04 Å². The molecule has 0 bridgehead atoms. The molecular formula is C15H19N3O. The molecule has 0 aliphatic carbocycles. The lowest BCUT2D eigenvalue weighted by Gasteiger charge is -2.31. The van der Waals surface area contributed by atoms with Crippen LogP contribution < -0.4 is 5.32 Å². The van der Waals surface area contributed by atoms with E-state index < -0.39 is 0 Å². The molecule has 0 amide bonds. The molecule has 0 saturated carbocycles. The summed E-state index contributed by atoms with van der Waals surface area (Å²) in [5.41, 5.74) is 4.78. The van der Waals surface area contributed by atoms with Crippen LogP contribution in [0.15, 0.2) is 16.7 Å². The lowest BCUT2D eigenvalue weighted by Crippen LogP contribution is -2.40. The van der Waals surface area contributed by atoms with Crippen LogP contribution in [0.25, 0.3) is 11.0 Å². The summed E-state index contributed by atoms with van der Waals surface area (Å²) in [7, 11) is 0. The first-order valence-corrected chi connectivity index (χ1v) is 7.14. The Morgan fingerprint density at radius 3 is 2.95 bits per heavy atom. The number of aryl methyl sites for hydroxylation is 1. The zero-order valence-corrected chi connectivity index (χ0v) is 11.3. The van der Waals surface area contributed by atoms with Gasteiger partial charge in [-0.1, -0.05) is 11.2 Å². The van der Waals surface area contributed by atoms with Gasteiger partial charge >= 0.3 is 0 Å². The normalized spacial score (nSPS) is 21.1. The zero-order valence-electron chi connectivity index (χ0n) is 11.3. The Morgan fingerprint density at radius 2 is 2.11 bits per heavy atom. The Morgan fingerprint density at radius 1 is 1.26 bits per heavy atom. The molecule has 2 aliphatic rings. The number of piperidine rings is 1. The van der Waals surface area contributed by atoms with E-state index in [4.69, 9.17) is 4.52 Å². The highest BCUT2D eigenvalue weighted by atomic mass is 16.5. The van der Waals surface area contributed by atoms with Crippen LogP contribution in [0.1, 0.15) is 29.7 Å². The average Bonchev–Trinajstić information content (AvgIpc) is 3.03. The lowest BCUT2D eigenvalue weighted by molar-refractivity contribution is 0.163. The SMILES string of the molecule is Cc1noc2c3c(ccc12)CN(C1CCNCC1)C3. The number of rotatable bonds is 1. The number of hydrogen-bond acceptors (Lipinski definition) is 4. The van der Waals surface area contributed by atoms with Gasteiger partial charge in [0.15, 0.2) is 5.58 Å². The smallest absolute Gasteiger partial charge is 0.171 e. The molecule has 4 nitrogen and oxygen atoms in total. The standard InChI is InChI=1S/C15H19N3O/c1-10-13-3-2-11-8-18(12-4-6-16-7-5-12)9-14(11)15(13)19-17-10/h2-3,12,16H,4-9H2,1H3. The maximum absolute atomic E-state index is 5.54. The van der Waals surface area contributed by atoms with Crippen LogP contribution >= 0.6 is 0 Å². The van der Waals surface area contributed by atoms with Crippen molar-refractivity contribution in [3.05, 3.63) is 29.0 Å². The summed E-state index contributed by atoms with van der Waals surface area (Å²) in [5.74, 6) is 0. The summed E-state index contributed by atoms with van der Waals surface area (Å²) in [4.78, 5) is 2.60. The van der Waals surface area contributed by atoms with E-state index in [-0.39, 0.29) is 0 Å². The Labute approximate surface area is 112 Å². The van der Waals surface area contributed by atoms with Gasteiger partial charge in [0.2, 0.25) is 0 Å². The van der Waals surface area contributed by atoms with Crippen LogP contribution in [-0.4, -0.2) is 29.2 Å². The molecule has 100 valence electrons. The molecule has 3 heterocycles. The van der Waals surface area contributed by atoms with Crippen LogP contribution in [0.5, 0.6) is 0 Å². The van der Waals surface area contributed by atoms with Gasteiger partial charge < -0.3 is 9.84 Å². The van der Waals surface area contributed by atoms with Gasteiger partial charge in [-0.2, -0.15) is 0 Å². The highest BCUT2D eigenvalue weighted by Crippen LogP contribution is 2.33. The number of benzene rings is 1. The average molecular weight is 257 g/mol. The molecule has 4 heteroatoms. The molecule has 19 heavy (non-hydrogen) atoms. The molecule has 2 aliphatic heterocycles. The van der Waals surface area contributed by atoms with Gasteiger partial charge in [0.25, 0.3) is 0 Å². The monoisotopic (exact) mass is 257 g/mol. The van der Waals surface area contributed by atoms with E-state index in [1.165, 1.54) is 29.4 Å². The van der Waals surface area contributed by atoms with Gasteiger partial charge in [0.1, 0.15) is 0 Å². The van der Waals surface area contributed by atoms with E-state index in [1.807, 2.05) is 6.92 Å². The van der Waals surface area contributed by atoms with Crippen molar-refractivity contribution in [1.82, 2.24) is 15.4 Å². The summed E-state index contributed by atoms with van der Waals surface area (Å²) in [6.45, 7) is 6.39. The highest BCUT2D eigenvalue weighted by molar-refractivity contribution is 5.83. The number of nitrogens with one attached hydrogen (secondary N) is 1. The summed E-state index contributed by atoms with van der Waals surface area (Å²) in [5, 5.41) is 8.72. The fraction of sp³-hybridized carbons (Fsp3) is 0.533. The lowest BCUT2D eigenvalue weighted by atomic mass is 10.1. The number of fused-ring (bicyclic) bond motifs is 3. The zero-order chi connectivity index (χ0) is 12.8. The Balaban J connectivity index is 1.67. The fourth-order valence-electron chi connectivity index (χ4n) is 3.45. The number of aromatic nitrogens is 1. The van der Waals surface area contributed by atoms with Crippen molar-refractivity contribution < 1.29 is 4.52 Å². The van der Waals surface area contributed by atoms with Crippen LogP contribution in [0.2, 0.25) is 0 Å². The van der Waals surface area contributed by atoms with Gasteiger partial charge in [-0.05, 0) is 44.5 Å². The molecule has 1 aromatic heterocycles. The second kappa shape index (κ2) is 4.32. The molecule has 1 aromatic carbocycles. The molecule has 0 atom stereocenters. The van der Waals surface area contributed by atoms with E-state index in [2.05, 4.69) is 27.5 Å². The Kier molecular flexibility index (Phi) is 2.60. The first kappa shape index (κ1) is 11.4. The summed E-state index contributed by atoms with van der Waals surface area (Å²) in [6.07, 6.45) is 2.51. The summed E-state index contributed by atoms with van der Waals surface area (Å²) in [6, 6.07) is 5.13. The van der Waals surface area contributed by atoms with E-state index in [1.54, 1.807) is 0 Å². The van der Waals surface area contributed by atoms with E-state index >= 15 is 0 Å². The second-order valence-electron chi connectivity index (χ2n) is 5.73. The number of hydrogen-bond donors (Lipinski definition) is 1. The van der Waals surface area contributed by atoms with Crippen molar-refractivity contribution in [1.29, 1.82) is 0 Å². The third-order valence-corrected chi connectivity index (χ3v) is 4.58. The van der Waals surface area contributed by atoms with Crippen LogP contribution in [0.3, 0.4) is 0 Å². The minimum Gasteiger partial charge on any atom is -0.356 e. The van der Waals surface area contributed by atoms with Gasteiger partial charge in [-0.15, -0.1) is 0 Å². The quantitative estimate of drug-likeness (QED) is 0.850. The first-order valence-electron chi connectivity index (χ1n) is 7.14. The van der Waals surface area contributed by atoms with Crippen molar-refractivity contribution in [3.8, 4) is 0 Å². The minimum absolute atomic E-state index is 0.715. The molecule has 1 N–H and O–H groups in total. The molecular weight excluding hydrogens is 238 g/mol. The maximum atomic E-state index is 5.54. The van der Waals surface area contributed by atoms with Gasteiger partial charge in [0, 0.05) is 30.1 Å². The van der Waals surface area contributed by atoms with Crippen molar-refractivity contribution in [2.24, 2.45) is 0 Å². The van der Waals surface area contributed by atoms with Crippen molar-refractivity contribution >= 4 is 11.0 Å². The van der Waals surface area contributed by atoms with Gasteiger partial charge in [0.05, 0.1) is 5.69 Å². The number of nitrogens with zero attached hydrogens (tertiary/aromatic N) is 2. The third kappa shape index (κ3) is 1.78. The van der Waals surface area contributed by atoms with E-state index in [0.717, 1.165) is 37.5 Å². The largest absolute Gasteiger partial charge is 0.356 e. The van der Waals surface area contributed by atoms with Crippen molar-refractivity contribution in [3.63, 3.8) is 0 Å². The predicted octanol–water partition coefficient (Wildman–Crippen LogP) is 2.20. The topological polar surface area (TPSA) is 41.3 Å². The minimum atomic E-state index is 0.715. The molecule has 1 saturated heterocycles. The molecule has 1 fully saturated rings. The van der Waals surface area contributed by atoms with Gasteiger partial charge in [-0.3, -0.25) is 4.90 Å². The predicted molar refractivity (Wildman–Crippen MR) is 73.9 cm³/mol. The molecule has 2 aromatic rings. The fourth-order valence-corrected chi connectivity index (χ4v) is 3.45. The Hall–Kier alpha value is -1.39. The second-order valence-corrected chi connectivity index (χ2v) is 5.73. The van der Waals surface area contributed by atoms with Crippen molar-refractivity contribution in [2.45, 2.75) is 38.9 Å². The van der Waals surface area contributed by atoms with Crippen LogP contribution in [-0.2, 0) is 13.1 Å². The molecule has 0 unspecified atom stereocenters. The van der Waals surface area contributed by atoms with Crippen LogP contribution in [0, 0.1) is 6.92 Å². The molecule has 0 radical (unpaired) electrons. The first-order chi connectivity index (χ1) is 9.33.